The van der Waals surface area contributed by atoms with Crippen LogP contribution in [0, 0.1) is 18.6 Å². The quantitative estimate of drug-likeness (QED) is 0.865. The van der Waals surface area contributed by atoms with Crippen molar-refractivity contribution in [2.75, 3.05) is 6.61 Å². The number of hydrogen-bond donors (Lipinski definition) is 1. The Morgan fingerprint density at radius 2 is 1.81 bits per heavy atom. The molecule has 0 saturated carbocycles. The van der Waals surface area contributed by atoms with E-state index in [9.17, 15) is 18.4 Å². The number of hydrogen-bond acceptors (Lipinski definition) is 3. The fraction of sp³-hybridized carbons (Fsp3) is 0.333. The van der Waals surface area contributed by atoms with E-state index in [2.05, 4.69) is 4.98 Å². The summed E-state index contributed by atoms with van der Waals surface area (Å²) in [5.74, 6) is -2.99. The molecule has 21 heavy (non-hydrogen) atoms. The number of aromatic amines is 1. The van der Waals surface area contributed by atoms with Gasteiger partial charge in [-0.05, 0) is 19.9 Å². The molecule has 0 spiro atoms. The average molecular weight is 297 g/mol. The van der Waals surface area contributed by atoms with Crippen LogP contribution in [-0.2, 0) is 4.74 Å². The van der Waals surface area contributed by atoms with Crippen LogP contribution in [0.2, 0.25) is 0 Å². The fourth-order valence-corrected chi connectivity index (χ4v) is 1.86. The number of H-pyrrole nitrogens is 1. The van der Waals surface area contributed by atoms with Gasteiger partial charge in [0.25, 0.3) is 0 Å². The van der Waals surface area contributed by atoms with Crippen molar-refractivity contribution >= 4 is 16.9 Å². The highest BCUT2D eigenvalue weighted by molar-refractivity contribution is 5.94. The van der Waals surface area contributed by atoms with Crippen molar-refractivity contribution in [2.24, 2.45) is 0 Å². The lowest BCUT2D eigenvalue weighted by Crippen LogP contribution is -2.21. The molecule has 114 valence electrons. The van der Waals surface area contributed by atoms with Crippen LogP contribution in [0.3, 0.4) is 0 Å². The van der Waals surface area contributed by atoms with E-state index in [1.54, 1.807) is 6.92 Å². The Morgan fingerprint density at radius 1 is 1.24 bits per heavy atom. The van der Waals surface area contributed by atoms with Crippen molar-refractivity contribution in [3.63, 3.8) is 0 Å². The van der Waals surface area contributed by atoms with Crippen LogP contribution >= 0.6 is 0 Å². The van der Waals surface area contributed by atoms with Gasteiger partial charge in [0.1, 0.15) is 5.56 Å². The van der Waals surface area contributed by atoms with E-state index in [0.717, 1.165) is 12.1 Å². The maximum absolute atomic E-state index is 13.2. The molecular weight excluding hydrogens is 280 g/mol. The van der Waals surface area contributed by atoms with Gasteiger partial charge in [0.2, 0.25) is 5.43 Å². The van der Waals surface area contributed by atoms with Crippen molar-refractivity contribution in [1.29, 1.82) is 0 Å². The standard InChI is InChI=1S/C13H11F2NO3.C2H6/c1-3-19-13(18)11-6(2)16-10-5-9(15)8(14)4-7(10)12(11)17;1-2/h4-5H,3H2,1-2H3,(H,16,17);1-2H3. The first kappa shape index (κ1) is 16.8. The normalized spacial score (nSPS) is 10.0. The molecule has 0 aliphatic rings. The lowest BCUT2D eigenvalue weighted by atomic mass is 10.1. The summed E-state index contributed by atoms with van der Waals surface area (Å²) in [6.45, 7) is 7.22. The second-order valence-corrected chi connectivity index (χ2v) is 3.99. The van der Waals surface area contributed by atoms with Crippen LogP contribution in [0.1, 0.15) is 36.8 Å². The molecule has 4 nitrogen and oxygen atoms in total. The monoisotopic (exact) mass is 297 g/mol. The number of ether oxygens (including phenoxy) is 1. The van der Waals surface area contributed by atoms with Gasteiger partial charge in [-0.15, -0.1) is 0 Å². The Kier molecular flexibility index (Phi) is 5.58. The van der Waals surface area contributed by atoms with E-state index in [4.69, 9.17) is 4.74 Å². The molecule has 6 heteroatoms. The third-order valence-electron chi connectivity index (χ3n) is 2.71. The number of halogens is 2. The first-order valence-electron chi connectivity index (χ1n) is 6.64. The maximum atomic E-state index is 13.2. The minimum absolute atomic E-state index is 0.0902. The third kappa shape index (κ3) is 3.26. The summed E-state index contributed by atoms with van der Waals surface area (Å²) in [7, 11) is 0. The lowest BCUT2D eigenvalue weighted by molar-refractivity contribution is 0.0523. The molecule has 0 fully saturated rings. The van der Waals surface area contributed by atoms with Crippen molar-refractivity contribution in [2.45, 2.75) is 27.7 Å². The van der Waals surface area contributed by atoms with Gasteiger partial charge in [-0.1, -0.05) is 13.8 Å². The minimum atomic E-state index is -1.14. The molecule has 1 aromatic carbocycles. The summed E-state index contributed by atoms with van der Waals surface area (Å²) in [6, 6.07) is 1.65. The number of carbonyl (C=O) groups excluding carboxylic acids is 1. The summed E-state index contributed by atoms with van der Waals surface area (Å²) in [6.07, 6.45) is 0. The summed E-state index contributed by atoms with van der Waals surface area (Å²) in [5.41, 5.74) is -0.486. The molecule has 1 aromatic heterocycles. The molecule has 0 saturated heterocycles. The van der Waals surface area contributed by atoms with Crippen LogP contribution < -0.4 is 5.43 Å². The molecule has 0 bridgehead atoms. The van der Waals surface area contributed by atoms with E-state index in [1.165, 1.54) is 6.92 Å². The van der Waals surface area contributed by atoms with Crippen molar-refractivity contribution in [3.8, 4) is 0 Å². The van der Waals surface area contributed by atoms with Crippen LogP contribution in [0.5, 0.6) is 0 Å². The first-order chi connectivity index (χ1) is 9.95. The number of benzene rings is 1. The second kappa shape index (κ2) is 6.97. The highest BCUT2D eigenvalue weighted by Gasteiger charge is 2.19. The summed E-state index contributed by atoms with van der Waals surface area (Å²) >= 11 is 0. The van der Waals surface area contributed by atoms with Gasteiger partial charge < -0.3 is 9.72 Å². The van der Waals surface area contributed by atoms with Gasteiger partial charge in [0.15, 0.2) is 11.6 Å². The van der Waals surface area contributed by atoms with Crippen molar-refractivity contribution < 1.29 is 18.3 Å². The zero-order valence-electron chi connectivity index (χ0n) is 12.3. The number of aryl methyl sites for hydroxylation is 1. The number of pyridine rings is 1. The largest absolute Gasteiger partial charge is 0.462 e. The molecular formula is C15H17F2NO3. The van der Waals surface area contributed by atoms with E-state index >= 15 is 0 Å². The molecule has 2 rings (SSSR count). The Hall–Kier alpha value is -2.24. The summed E-state index contributed by atoms with van der Waals surface area (Å²) < 4.78 is 31.0. The Balaban J connectivity index is 0.00000106. The van der Waals surface area contributed by atoms with E-state index in [0.29, 0.717) is 0 Å². The van der Waals surface area contributed by atoms with Gasteiger partial charge >= 0.3 is 5.97 Å². The smallest absolute Gasteiger partial charge is 0.343 e. The van der Waals surface area contributed by atoms with E-state index < -0.39 is 23.0 Å². The zero-order chi connectivity index (χ0) is 16.2. The summed E-state index contributed by atoms with van der Waals surface area (Å²) in [5, 5.41) is -0.0902. The first-order valence-corrected chi connectivity index (χ1v) is 6.64. The van der Waals surface area contributed by atoms with E-state index in [1.807, 2.05) is 13.8 Å². The molecule has 2 aromatic rings. The van der Waals surface area contributed by atoms with Gasteiger partial charge in [0, 0.05) is 17.1 Å². The number of carbonyl (C=O) groups is 1. The predicted molar refractivity (Wildman–Crippen MR) is 76.5 cm³/mol. The van der Waals surface area contributed by atoms with Gasteiger partial charge in [-0.25, -0.2) is 13.6 Å². The van der Waals surface area contributed by atoms with Crippen LogP contribution in [0.15, 0.2) is 16.9 Å². The van der Waals surface area contributed by atoms with Crippen molar-refractivity contribution in [1.82, 2.24) is 4.98 Å². The molecule has 0 unspecified atom stereocenters. The highest BCUT2D eigenvalue weighted by Crippen LogP contribution is 2.16. The third-order valence-corrected chi connectivity index (χ3v) is 2.71. The summed E-state index contributed by atoms with van der Waals surface area (Å²) in [4.78, 5) is 26.5. The number of rotatable bonds is 2. The molecule has 1 heterocycles. The predicted octanol–water partition coefficient (Wildman–Crippen LogP) is 3.32. The SMILES string of the molecule is CC.CCOC(=O)c1c(C)[nH]c2cc(F)c(F)cc2c1=O. The van der Waals surface area contributed by atoms with Gasteiger partial charge in [0.05, 0.1) is 12.1 Å². The molecule has 0 atom stereocenters. The second-order valence-electron chi connectivity index (χ2n) is 3.99. The highest BCUT2D eigenvalue weighted by atomic mass is 19.2. The van der Waals surface area contributed by atoms with Gasteiger partial charge in [-0.2, -0.15) is 0 Å². The van der Waals surface area contributed by atoms with Crippen LogP contribution in [0.4, 0.5) is 8.78 Å². The maximum Gasteiger partial charge on any atom is 0.343 e. The molecule has 0 radical (unpaired) electrons. The average Bonchev–Trinajstić information content (AvgIpc) is 2.44. The number of fused-ring (bicyclic) bond motifs is 1. The lowest BCUT2D eigenvalue weighted by Gasteiger charge is -2.07. The molecule has 0 aliphatic carbocycles. The zero-order valence-corrected chi connectivity index (χ0v) is 12.3. The number of esters is 1. The Bertz CT molecular complexity index is 723. The topological polar surface area (TPSA) is 59.2 Å². The number of nitrogens with one attached hydrogen (secondary N) is 1. The molecule has 1 N–H and O–H groups in total. The van der Waals surface area contributed by atoms with Crippen LogP contribution in [0.25, 0.3) is 10.9 Å². The number of aromatic nitrogens is 1. The van der Waals surface area contributed by atoms with Gasteiger partial charge in [-0.3, -0.25) is 4.79 Å². The Morgan fingerprint density at radius 3 is 2.38 bits per heavy atom. The molecule has 0 amide bonds. The van der Waals surface area contributed by atoms with Crippen LogP contribution in [-0.4, -0.2) is 17.6 Å². The van der Waals surface area contributed by atoms with E-state index in [-0.39, 0.29) is 28.8 Å². The Labute approximate surface area is 120 Å². The van der Waals surface area contributed by atoms with Crippen molar-refractivity contribution in [3.05, 3.63) is 45.2 Å². The fourth-order valence-electron chi connectivity index (χ4n) is 1.86. The minimum Gasteiger partial charge on any atom is -0.462 e. The molecule has 0 aliphatic heterocycles.